The maximum atomic E-state index is 14.0. The average molecular weight is 678 g/mol. The molecule has 10 heteroatoms. The number of anilines is 1. The van der Waals surface area contributed by atoms with Gasteiger partial charge in [0, 0.05) is 41.8 Å². The summed E-state index contributed by atoms with van der Waals surface area (Å²) >= 11 is 0. The Balaban J connectivity index is 0.00000169. The molecule has 1 aromatic heterocycles. The Morgan fingerprint density at radius 1 is 1.06 bits per heavy atom. The first-order chi connectivity index (χ1) is 21.2. The number of ether oxygens (including phenoxy) is 1. The number of carbonyl (C=O) groups excluding carboxylic acids is 1. The van der Waals surface area contributed by atoms with Gasteiger partial charge in [0.1, 0.15) is 0 Å². The van der Waals surface area contributed by atoms with Gasteiger partial charge in [-0.2, -0.15) is 0 Å². The number of nitrogens with two attached hydrogens (primary N) is 1. The van der Waals surface area contributed by atoms with Crippen molar-refractivity contribution in [2.75, 3.05) is 5.73 Å². The van der Waals surface area contributed by atoms with Crippen LogP contribution in [0.3, 0.4) is 0 Å². The van der Waals surface area contributed by atoms with Crippen LogP contribution in [-0.2, 0) is 15.3 Å². The van der Waals surface area contributed by atoms with Crippen LogP contribution in [0.25, 0.3) is 16.7 Å². The van der Waals surface area contributed by atoms with Gasteiger partial charge in [-0.15, -0.1) is 0 Å². The summed E-state index contributed by atoms with van der Waals surface area (Å²) in [5.74, 6) is 0.730. The summed E-state index contributed by atoms with van der Waals surface area (Å²) in [5.41, 5.74) is 9.43. The number of aromatic nitrogens is 2. The summed E-state index contributed by atoms with van der Waals surface area (Å²) in [6, 6.07) is 5.99. The molecule has 9 nitrogen and oxygen atoms in total. The number of nitrogens with one attached hydrogen (secondary N) is 1. The molecule has 1 atom stereocenters. The normalized spacial score (nSPS) is 15.5. The number of nitrogen functional groups attached to an aromatic ring is 1. The van der Waals surface area contributed by atoms with Gasteiger partial charge in [-0.1, -0.05) is 58.6 Å². The van der Waals surface area contributed by atoms with Crippen LogP contribution < -0.4 is 67.5 Å². The third kappa shape index (κ3) is 16.6. The Hall–Kier alpha value is -1.50. The zero-order valence-corrected chi connectivity index (χ0v) is 34.0. The maximum Gasteiger partial charge on any atom is 1.00 e. The van der Waals surface area contributed by atoms with Crippen molar-refractivity contribution in [2.45, 2.75) is 144 Å². The summed E-state index contributed by atoms with van der Waals surface area (Å²) in [6.45, 7) is 17.7. The van der Waals surface area contributed by atoms with E-state index in [1.54, 1.807) is 19.3 Å². The molecule has 0 saturated heterocycles. The van der Waals surface area contributed by atoms with Gasteiger partial charge in [0.2, 0.25) is 5.95 Å². The number of unbranched alkanes of at least 4 members (excludes halogenated alkanes) is 1. The molecule has 3 rings (SSSR count). The Bertz CT molecular complexity index is 1260. The van der Waals surface area contributed by atoms with Crippen molar-refractivity contribution in [1.82, 2.24) is 15.3 Å². The Morgan fingerprint density at radius 2 is 1.68 bits per heavy atom. The molecule has 1 aromatic carbocycles. The zero-order valence-electron chi connectivity index (χ0n) is 30.8. The number of hydrogen-bond donors (Lipinski definition) is 2. The van der Waals surface area contributed by atoms with Crippen LogP contribution in [0.15, 0.2) is 41.8 Å². The first-order valence-corrected chi connectivity index (χ1v) is 16.8. The zero-order chi connectivity index (χ0) is 33.6. The summed E-state index contributed by atoms with van der Waals surface area (Å²) in [6.07, 6.45) is 16.6. The van der Waals surface area contributed by atoms with Crippen molar-refractivity contribution >= 4 is 23.2 Å². The van der Waals surface area contributed by atoms with E-state index in [2.05, 4.69) is 29.1 Å². The molecule has 1 fully saturated rings. The van der Waals surface area contributed by atoms with Crippen LogP contribution in [0.5, 0.6) is 0 Å². The quantitative estimate of drug-likeness (QED) is 0.148. The third-order valence-corrected chi connectivity index (χ3v) is 7.69. The second-order valence-electron chi connectivity index (χ2n) is 13.7. The number of rotatable bonds is 12. The van der Waals surface area contributed by atoms with Crippen molar-refractivity contribution in [2.24, 2.45) is 10.9 Å². The van der Waals surface area contributed by atoms with E-state index in [4.69, 9.17) is 15.5 Å². The van der Waals surface area contributed by atoms with E-state index in [1.807, 2.05) is 65.9 Å². The van der Waals surface area contributed by atoms with Crippen molar-refractivity contribution in [1.29, 1.82) is 0 Å². The molecule has 1 heterocycles. The number of esters is 1. The molecule has 0 aliphatic heterocycles. The number of carbonyl (C=O) groups is 1. The molecular weight excluding hydrogens is 618 g/mol. The minimum Gasteiger partial charge on any atom is -0.835 e. The molecule has 0 spiro atoms. The van der Waals surface area contributed by atoms with Crippen molar-refractivity contribution in [3.05, 3.63) is 47.9 Å². The second-order valence-corrected chi connectivity index (χ2v) is 13.7. The van der Waals surface area contributed by atoms with Crippen LogP contribution in [0, 0.1) is 5.92 Å². The fourth-order valence-corrected chi connectivity index (χ4v) is 5.68. The number of aliphatic imine (C=N–C) groups is 1. The fourth-order valence-electron chi connectivity index (χ4n) is 5.68. The largest absolute Gasteiger partial charge is 1.00 e. The topological polar surface area (TPSA) is 157 Å². The third-order valence-electron chi connectivity index (χ3n) is 7.69. The van der Waals surface area contributed by atoms with E-state index in [1.165, 1.54) is 50.7 Å². The SMILES string of the molecule is CCCC(=O)OC(C)C.CCCCC(=N/C=C(\C)c1ccc(-c2cnc(N)nc2)cc1C(C)([O-])NC(C)(C)C)C1CCCCC1.O.[K+]. The monoisotopic (exact) mass is 677 g/mol. The molecule has 1 saturated carbocycles. The van der Waals surface area contributed by atoms with Gasteiger partial charge < -0.3 is 26.4 Å². The number of hydrogen-bond acceptors (Lipinski definition) is 8. The van der Waals surface area contributed by atoms with Crippen LogP contribution >= 0.6 is 0 Å². The van der Waals surface area contributed by atoms with Crippen molar-refractivity contribution in [3.8, 4) is 11.1 Å². The Kier molecular flexibility index (Phi) is 21.5. The van der Waals surface area contributed by atoms with Gasteiger partial charge >= 0.3 is 57.4 Å². The van der Waals surface area contributed by atoms with Gasteiger partial charge in [-0.25, -0.2) is 9.97 Å². The predicted octanol–water partition coefficient (Wildman–Crippen LogP) is 4.14. The van der Waals surface area contributed by atoms with Gasteiger partial charge in [0.15, 0.2) is 0 Å². The predicted molar refractivity (Wildman–Crippen MR) is 189 cm³/mol. The van der Waals surface area contributed by atoms with E-state index in [0.29, 0.717) is 17.9 Å². The van der Waals surface area contributed by atoms with Crippen molar-refractivity contribution < 1.29 is 71.5 Å². The summed E-state index contributed by atoms with van der Waals surface area (Å²) in [4.78, 5) is 23.9. The number of benzene rings is 1. The molecule has 1 aliphatic rings. The first-order valence-electron chi connectivity index (χ1n) is 16.8. The van der Waals surface area contributed by atoms with Gasteiger partial charge in [-0.05, 0) is 114 Å². The van der Waals surface area contributed by atoms with Crippen molar-refractivity contribution in [3.63, 3.8) is 0 Å². The molecule has 1 aliphatic carbocycles. The molecule has 2 aromatic rings. The molecule has 0 radical (unpaired) electrons. The first kappa shape index (κ1) is 45.5. The van der Waals surface area contributed by atoms with Crippen LogP contribution in [0.2, 0.25) is 0 Å². The average Bonchev–Trinajstić information content (AvgIpc) is 2.96. The van der Waals surface area contributed by atoms with E-state index in [0.717, 1.165) is 35.1 Å². The molecule has 5 N–H and O–H groups in total. The minimum absolute atomic E-state index is 0. The molecule has 0 amide bonds. The Morgan fingerprint density at radius 3 is 2.21 bits per heavy atom. The van der Waals surface area contributed by atoms with Gasteiger partial charge in [-0.3, -0.25) is 9.79 Å². The standard InChI is InChI=1S/C30H44N5O.C7H14O2.K.H2O/c1-7-8-14-27(22-12-10-9-11-13-22)32-18-21(2)25-16-15-23(24-19-33-28(31)34-20-24)17-26(25)30(6,36)35-29(3,4)5;1-4-5-7(8)9-6(2)3;;/h15-20,22,35H,7-14H2,1-6H3,(H2,31,33,34);6H,4-5H2,1-3H3;;1H2/q-1;;+1;/b21-18+,32-27?;;;. The van der Waals surface area contributed by atoms with Gasteiger partial charge in [0.25, 0.3) is 0 Å². The smallest absolute Gasteiger partial charge is 0.835 e. The van der Waals surface area contributed by atoms with Gasteiger partial charge in [0.05, 0.1) is 6.10 Å². The summed E-state index contributed by atoms with van der Waals surface area (Å²) in [5, 5.41) is 17.3. The number of nitrogens with zero attached hydrogens (tertiary/aromatic N) is 3. The van der Waals surface area contributed by atoms with Crippen LogP contribution in [-0.4, -0.2) is 38.8 Å². The fraction of sp³-hybridized carbons (Fsp3) is 0.622. The van der Waals surface area contributed by atoms with E-state index < -0.39 is 5.72 Å². The van der Waals surface area contributed by atoms with Crippen LogP contribution in [0.4, 0.5) is 5.95 Å². The van der Waals surface area contributed by atoms with E-state index in [9.17, 15) is 9.90 Å². The molecule has 258 valence electrons. The molecular formula is C37H60KN5O4. The molecule has 0 bridgehead atoms. The Labute approximate surface area is 326 Å². The number of allylic oxidation sites excluding steroid dienone is 1. The van der Waals surface area contributed by atoms with E-state index >= 15 is 0 Å². The second kappa shape index (κ2) is 22.3. The van der Waals surface area contributed by atoms with Crippen LogP contribution in [0.1, 0.15) is 138 Å². The molecule has 1 unspecified atom stereocenters. The summed E-state index contributed by atoms with van der Waals surface area (Å²) in [7, 11) is 0. The van der Waals surface area contributed by atoms with E-state index in [-0.39, 0.29) is 80.4 Å². The summed E-state index contributed by atoms with van der Waals surface area (Å²) < 4.78 is 4.85. The minimum atomic E-state index is -1.51. The maximum absolute atomic E-state index is 14.0. The molecule has 47 heavy (non-hydrogen) atoms.